The van der Waals surface area contributed by atoms with Crippen molar-refractivity contribution in [1.29, 1.82) is 0 Å². The molecule has 0 aliphatic heterocycles. The molecule has 1 rings (SSSR count). The number of aliphatic hydroxyl groups is 1. The maximum Gasteiger partial charge on any atom is 0.148 e. The van der Waals surface area contributed by atoms with E-state index in [1.165, 1.54) is 6.26 Å². The first-order valence-electron chi connectivity index (χ1n) is 5.39. The summed E-state index contributed by atoms with van der Waals surface area (Å²) in [4.78, 5) is 1.91. The van der Waals surface area contributed by atoms with Gasteiger partial charge >= 0.3 is 0 Å². The van der Waals surface area contributed by atoms with Crippen LogP contribution >= 0.6 is 0 Å². The minimum absolute atomic E-state index is 0.166. The van der Waals surface area contributed by atoms with Gasteiger partial charge in [0.05, 0.1) is 11.4 Å². The Balaban J connectivity index is 2.32. The largest absolute Gasteiger partial charge is 0.389 e. The molecule has 0 unspecified atom stereocenters. The smallest absolute Gasteiger partial charge is 0.148 e. The molecule has 0 spiro atoms. The van der Waals surface area contributed by atoms with Crippen LogP contribution < -0.4 is 0 Å². The molecule has 1 aliphatic carbocycles. The average Bonchev–Trinajstić information content (AvgIpc) is 2.47. The van der Waals surface area contributed by atoms with Gasteiger partial charge in [-0.25, -0.2) is 8.42 Å². The molecule has 0 saturated heterocycles. The van der Waals surface area contributed by atoms with Crippen LogP contribution in [-0.4, -0.2) is 56.2 Å². The Labute approximate surface area is 92.2 Å². The Bertz CT molecular complexity index is 294. The van der Waals surface area contributed by atoms with E-state index in [-0.39, 0.29) is 5.75 Å². The fourth-order valence-corrected chi connectivity index (χ4v) is 2.74. The van der Waals surface area contributed by atoms with Crippen LogP contribution in [-0.2, 0) is 9.84 Å². The molecule has 0 aromatic heterocycles. The van der Waals surface area contributed by atoms with Gasteiger partial charge in [0.1, 0.15) is 9.84 Å². The van der Waals surface area contributed by atoms with E-state index in [0.29, 0.717) is 13.1 Å². The highest BCUT2D eigenvalue weighted by Gasteiger charge is 2.32. The van der Waals surface area contributed by atoms with E-state index in [2.05, 4.69) is 0 Å². The van der Waals surface area contributed by atoms with E-state index in [4.69, 9.17) is 0 Å². The first kappa shape index (κ1) is 12.9. The zero-order valence-electron chi connectivity index (χ0n) is 9.57. The summed E-state index contributed by atoms with van der Waals surface area (Å²) in [6.07, 6.45) is 5.09. The molecule has 0 aromatic carbocycles. The van der Waals surface area contributed by atoms with Crippen LogP contribution in [0.5, 0.6) is 0 Å². The maximum atomic E-state index is 11.0. The monoisotopic (exact) mass is 235 g/mol. The lowest BCUT2D eigenvalue weighted by molar-refractivity contribution is 0.0179. The van der Waals surface area contributed by atoms with Crippen molar-refractivity contribution < 1.29 is 13.5 Å². The summed E-state index contributed by atoms with van der Waals surface area (Å²) in [5, 5.41) is 10.1. The number of hydrogen-bond donors (Lipinski definition) is 1. The molecule has 1 aliphatic rings. The lowest BCUT2D eigenvalue weighted by Crippen LogP contribution is -2.40. The highest BCUT2D eigenvalue weighted by Crippen LogP contribution is 2.29. The summed E-state index contributed by atoms with van der Waals surface area (Å²) in [7, 11) is -1.03. The van der Waals surface area contributed by atoms with E-state index in [1.54, 1.807) is 0 Å². The zero-order valence-corrected chi connectivity index (χ0v) is 10.4. The van der Waals surface area contributed by atoms with Gasteiger partial charge in [-0.15, -0.1) is 0 Å². The third kappa shape index (κ3) is 4.95. The van der Waals surface area contributed by atoms with Crippen molar-refractivity contribution in [3.63, 3.8) is 0 Å². The maximum absolute atomic E-state index is 11.0. The summed E-state index contributed by atoms with van der Waals surface area (Å²) >= 11 is 0. The van der Waals surface area contributed by atoms with Gasteiger partial charge < -0.3 is 10.0 Å². The summed E-state index contributed by atoms with van der Waals surface area (Å²) in [5.74, 6) is 0.166. The molecule has 15 heavy (non-hydrogen) atoms. The van der Waals surface area contributed by atoms with Crippen LogP contribution in [0.25, 0.3) is 0 Å². The predicted octanol–water partition coefficient (Wildman–Crippen LogP) is 0.268. The third-order valence-electron chi connectivity index (χ3n) is 2.94. The highest BCUT2D eigenvalue weighted by molar-refractivity contribution is 7.90. The van der Waals surface area contributed by atoms with Crippen molar-refractivity contribution in [3.05, 3.63) is 0 Å². The molecule has 0 aromatic rings. The fourth-order valence-electron chi connectivity index (χ4n) is 2.09. The van der Waals surface area contributed by atoms with Crippen LogP contribution in [0.3, 0.4) is 0 Å². The second kappa shape index (κ2) is 4.80. The van der Waals surface area contributed by atoms with Crippen LogP contribution in [0.4, 0.5) is 0 Å². The van der Waals surface area contributed by atoms with Crippen LogP contribution in [0.2, 0.25) is 0 Å². The first-order chi connectivity index (χ1) is 6.81. The van der Waals surface area contributed by atoms with Crippen LogP contribution in [0, 0.1) is 0 Å². The SMILES string of the molecule is CN(CCS(C)(=O)=O)CC1(O)CCCC1. The molecule has 0 heterocycles. The summed E-state index contributed by atoms with van der Waals surface area (Å²) in [6, 6.07) is 0. The van der Waals surface area contributed by atoms with E-state index in [0.717, 1.165) is 25.7 Å². The van der Waals surface area contributed by atoms with Crippen molar-refractivity contribution in [1.82, 2.24) is 4.90 Å². The summed E-state index contributed by atoms with van der Waals surface area (Å²) in [6.45, 7) is 1.09. The standard InChI is InChI=1S/C10H21NO3S/c1-11(7-8-15(2,13)14)9-10(12)5-3-4-6-10/h12H,3-9H2,1-2H3. The third-order valence-corrected chi connectivity index (χ3v) is 3.87. The molecule has 90 valence electrons. The molecule has 0 atom stereocenters. The predicted molar refractivity (Wildman–Crippen MR) is 60.6 cm³/mol. The van der Waals surface area contributed by atoms with Gasteiger partial charge in [0.2, 0.25) is 0 Å². The molecule has 4 nitrogen and oxygen atoms in total. The molecule has 0 bridgehead atoms. The molecular formula is C10H21NO3S. The fraction of sp³-hybridized carbons (Fsp3) is 1.00. The van der Waals surface area contributed by atoms with Gasteiger partial charge in [0, 0.05) is 19.3 Å². The second-order valence-corrected chi connectivity index (χ2v) is 7.06. The van der Waals surface area contributed by atoms with Crippen molar-refractivity contribution in [2.45, 2.75) is 31.3 Å². The molecule has 5 heteroatoms. The van der Waals surface area contributed by atoms with Crippen molar-refractivity contribution >= 4 is 9.84 Å². The Kier molecular flexibility index (Phi) is 4.14. The zero-order chi connectivity index (χ0) is 11.5. The molecular weight excluding hydrogens is 214 g/mol. The van der Waals surface area contributed by atoms with E-state index >= 15 is 0 Å². The summed E-state index contributed by atoms with van der Waals surface area (Å²) < 4.78 is 21.9. The Morgan fingerprint density at radius 2 is 1.87 bits per heavy atom. The normalized spacial score (nSPS) is 21.1. The number of rotatable bonds is 5. The second-order valence-electron chi connectivity index (χ2n) is 4.80. The van der Waals surface area contributed by atoms with Crippen LogP contribution in [0.1, 0.15) is 25.7 Å². The summed E-state index contributed by atoms with van der Waals surface area (Å²) in [5.41, 5.74) is -0.577. The molecule has 1 fully saturated rings. The minimum Gasteiger partial charge on any atom is -0.389 e. The van der Waals surface area contributed by atoms with Crippen molar-refractivity contribution in [2.75, 3.05) is 32.1 Å². The van der Waals surface area contributed by atoms with E-state index < -0.39 is 15.4 Å². The van der Waals surface area contributed by atoms with Gasteiger partial charge in [0.25, 0.3) is 0 Å². The Morgan fingerprint density at radius 1 is 1.33 bits per heavy atom. The van der Waals surface area contributed by atoms with Gasteiger partial charge in [-0.05, 0) is 19.9 Å². The number of likely N-dealkylation sites (N-methyl/N-ethyl adjacent to an activating group) is 1. The number of nitrogens with zero attached hydrogens (tertiary/aromatic N) is 1. The van der Waals surface area contributed by atoms with Gasteiger partial charge in [-0.1, -0.05) is 12.8 Å². The number of hydrogen-bond acceptors (Lipinski definition) is 4. The van der Waals surface area contributed by atoms with Gasteiger partial charge in [0.15, 0.2) is 0 Å². The molecule has 1 saturated carbocycles. The molecule has 1 N–H and O–H groups in total. The van der Waals surface area contributed by atoms with Crippen LogP contribution in [0.15, 0.2) is 0 Å². The minimum atomic E-state index is -2.90. The molecule has 0 amide bonds. The lowest BCUT2D eigenvalue weighted by atomic mass is 10.0. The van der Waals surface area contributed by atoms with Crippen molar-refractivity contribution in [3.8, 4) is 0 Å². The lowest BCUT2D eigenvalue weighted by Gasteiger charge is -2.28. The van der Waals surface area contributed by atoms with Gasteiger partial charge in [-0.2, -0.15) is 0 Å². The van der Waals surface area contributed by atoms with Crippen molar-refractivity contribution in [2.24, 2.45) is 0 Å². The van der Waals surface area contributed by atoms with Gasteiger partial charge in [-0.3, -0.25) is 0 Å². The topological polar surface area (TPSA) is 57.6 Å². The Hall–Kier alpha value is -0.130. The quantitative estimate of drug-likeness (QED) is 0.743. The highest BCUT2D eigenvalue weighted by atomic mass is 32.2. The first-order valence-corrected chi connectivity index (χ1v) is 7.45. The van der Waals surface area contributed by atoms with E-state index in [9.17, 15) is 13.5 Å². The van der Waals surface area contributed by atoms with E-state index in [1.807, 2.05) is 11.9 Å². The Morgan fingerprint density at radius 3 is 2.33 bits per heavy atom. The average molecular weight is 235 g/mol. The number of sulfone groups is 1. The molecule has 0 radical (unpaired) electrons.